The molecule has 1 N–H and O–H groups in total. The Labute approximate surface area is 116 Å². The summed E-state index contributed by atoms with van der Waals surface area (Å²) >= 11 is 6.23. The molecule has 6 heteroatoms. The maximum Gasteiger partial charge on any atom is 0.287 e. The van der Waals surface area contributed by atoms with Gasteiger partial charge in [-0.3, -0.25) is 4.79 Å². The van der Waals surface area contributed by atoms with Crippen LogP contribution in [0.3, 0.4) is 0 Å². The molecule has 2 aliphatic rings. The van der Waals surface area contributed by atoms with Crippen LogP contribution in [0.5, 0.6) is 0 Å². The molecule has 0 unspecified atom stereocenters. The number of nitrogens with one attached hydrogen (secondary N) is 1. The van der Waals surface area contributed by atoms with Crippen molar-refractivity contribution >= 4 is 17.3 Å². The van der Waals surface area contributed by atoms with E-state index in [4.69, 9.17) is 11.6 Å². The van der Waals surface area contributed by atoms with Crippen LogP contribution >= 0.6 is 11.6 Å². The van der Waals surface area contributed by atoms with Crippen LogP contribution in [0.25, 0.3) is 0 Å². The van der Waals surface area contributed by atoms with E-state index in [0.29, 0.717) is 18.5 Å². The van der Waals surface area contributed by atoms with Gasteiger partial charge in [0.2, 0.25) is 0 Å². The van der Waals surface area contributed by atoms with E-state index in [9.17, 15) is 4.79 Å². The van der Waals surface area contributed by atoms with Gasteiger partial charge in [0.15, 0.2) is 0 Å². The van der Waals surface area contributed by atoms with E-state index < -0.39 is 0 Å². The Morgan fingerprint density at radius 2 is 2.42 bits per heavy atom. The lowest BCUT2D eigenvalue weighted by Crippen LogP contribution is -2.36. The second-order valence-electron chi connectivity index (χ2n) is 5.09. The summed E-state index contributed by atoms with van der Waals surface area (Å²) in [5, 5.41) is 7.83. The second kappa shape index (κ2) is 4.98. The summed E-state index contributed by atoms with van der Waals surface area (Å²) in [6, 6.07) is 0.439. The molecule has 2 fully saturated rings. The molecule has 0 radical (unpaired) electrons. The number of aromatic nitrogens is 2. The van der Waals surface area contributed by atoms with Gasteiger partial charge in [-0.25, -0.2) is 4.68 Å². The van der Waals surface area contributed by atoms with Crippen LogP contribution in [0.15, 0.2) is 23.6 Å². The van der Waals surface area contributed by atoms with Crippen molar-refractivity contribution in [2.24, 2.45) is 5.92 Å². The average molecular weight is 281 g/mol. The summed E-state index contributed by atoms with van der Waals surface area (Å²) in [6.45, 7) is 6.95. The lowest BCUT2D eigenvalue weighted by molar-refractivity contribution is 0.577. The van der Waals surface area contributed by atoms with Crippen LogP contribution in [-0.4, -0.2) is 35.5 Å². The van der Waals surface area contributed by atoms with Gasteiger partial charge < -0.3 is 10.2 Å². The number of nitrogens with zero attached hydrogens (tertiary/aromatic N) is 3. The molecule has 0 bridgehead atoms. The fourth-order valence-corrected chi connectivity index (χ4v) is 3.31. The minimum atomic E-state index is -0.242. The number of halogens is 1. The van der Waals surface area contributed by atoms with E-state index in [1.54, 1.807) is 12.3 Å². The largest absolute Gasteiger partial charge is 0.364 e. The summed E-state index contributed by atoms with van der Waals surface area (Å²) < 4.78 is 1.33. The van der Waals surface area contributed by atoms with Gasteiger partial charge in [0.1, 0.15) is 5.02 Å². The first kappa shape index (κ1) is 12.7. The number of rotatable bonds is 3. The number of hydrogen-bond donors (Lipinski definition) is 1. The highest BCUT2D eigenvalue weighted by Gasteiger charge is 2.38. The van der Waals surface area contributed by atoms with Crippen molar-refractivity contribution in [1.29, 1.82) is 0 Å². The Morgan fingerprint density at radius 3 is 3.21 bits per heavy atom. The molecule has 2 atom stereocenters. The third-order valence-corrected chi connectivity index (χ3v) is 4.38. The van der Waals surface area contributed by atoms with Crippen molar-refractivity contribution in [3.8, 4) is 0 Å². The lowest BCUT2D eigenvalue weighted by atomic mass is 10.1. The molecule has 1 aromatic heterocycles. The number of allylic oxidation sites excluding steroid dienone is 1. The maximum absolute atomic E-state index is 12.1. The quantitative estimate of drug-likeness (QED) is 0.835. The SMILES string of the molecule is C=CCn1ncc(N2CC[C@H]3CNC[C@H]32)c(Cl)c1=O. The number of fused-ring (bicyclic) bond motifs is 1. The second-order valence-corrected chi connectivity index (χ2v) is 5.47. The average Bonchev–Trinajstić information content (AvgIpc) is 2.99. The molecule has 0 aliphatic carbocycles. The number of anilines is 1. The third kappa shape index (κ3) is 2.07. The first-order valence-electron chi connectivity index (χ1n) is 6.56. The first-order valence-corrected chi connectivity index (χ1v) is 6.94. The zero-order valence-corrected chi connectivity index (χ0v) is 11.4. The van der Waals surface area contributed by atoms with Gasteiger partial charge in [0.05, 0.1) is 18.4 Å². The van der Waals surface area contributed by atoms with Crippen molar-refractivity contribution in [3.63, 3.8) is 0 Å². The Hall–Kier alpha value is -1.33. The van der Waals surface area contributed by atoms with Crippen molar-refractivity contribution in [3.05, 3.63) is 34.2 Å². The molecule has 2 saturated heterocycles. The predicted octanol–water partition coefficient (Wildman–Crippen LogP) is 0.881. The smallest absolute Gasteiger partial charge is 0.287 e. The maximum atomic E-state index is 12.1. The van der Waals surface area contributed by atoms with Crippen LogP contribution in [0.2, 0.25) is 5.02 Å². The standard InChI is InChI=1S/C13H17ClN4O/c1-2-4-18-13(19)12(14)11(8-16-18)17-5-3-9-6-15-7-10(9)17/h2,8-10,15H,1,3-7H2/t9-,10+/m0/s1. The topological polar surface area (TPSA) is 50.2 Å². The Balaban J connectivity index is 1.95. The van der Waals surface area contributed by atoms with Gasteiger partial charge in [0, 0.05) is 25.7 Å². The number of hydrogen-bond acceptors (Lipinski definition) is 4. The molecule has 1 aromatic rings. The van der Waals surface area contributed by atoms with Gasteiger partial charge in [-0.05, 0) is 12.3 Å². The molecule has 5 nitrogen and oxygen atoms in total. The molecule has 3 rings (SSSR count). The van der Waals surface area contributed by atoms with Gasteiger partial charge in [-0.15, -0.1) is 6.58 Å². The molecular formula is C13H17ClN4O. The molecule has 0 spiro atoms. The molecule has 2 aliphatic heterocycles. The van der Waals surface area contributed by atoms with Crippen LogP contribution in [-0.2, 0) is 6.54 Å². The van der Waals surface area contributed by atoms with Gasteiger partial charge in [-0.1, -0.05) is 17.7 Å². The van der Waals surface area contributed by atoms with Gasteiger partial charge >= 0.3 is 0 Å². The molecule has 3 heterocycles. The summed E-state index contributed by atoms with van der Waals surface area (Å²) in [4.78, 5) is 14.3. The van der Waals surface area contributed by atoms with E-state index in [1.165, 1.54) is 4.68 Å². The fraction of sp³-hybridized carbons (Fsp3) is 0.538. The van der Waals surface area contributed by atoms with Crippen molar-refractivity contribution in [2.75, 3.05) is 24.5 Å². The molecule has 0 amide bonds. The molecule has 0 saturated carbocycles. The molecule has 19 heavy (non-hydrogen) atoms. The van der Waals surface area contributed by atoms with Crippen LogP contribution in [0, 0.1) is 5.92 Å². The Bertz CT molecular complexity index is 556. The van der Waals surface area contributed by atoms with Crippen molar-refractivity contribution < 1.29 is 0 Å². The van der Waals surface area contributed by atoms with E-state index in [0.717, 1.165) is 31.7 Å². The van der Waals surface area contributed by atoms with E-state index in [-0.39, 0.29) is 10.6 Å². The van der Waals surface area contributed by atoms with Crippen LogP contribution in [0.4, 0.5) is 5.69 Å². The highest BCUT2D eigenvalue weighted by molar-refractivity contribution is 6.33. The minimum Gasteiger partial charge on any atom is -0.364 e. The van der Waals surface area contributed by atoms with E-state index in [1.807, 2.05) is 0 Å². The van der Waals surface area contributed by atoms with Crippen molar-refractivity contribution in [1.82, 2.24) is 15.1 Å². The summed E-state index contributed by atoms with van der Waals surface area (Å²) in [7, 11) is 0. The summed E-state index contributed by atoms with van der Waals surface area (Å²) in [5.41, 5.74) is 0.525. The molecular weight excluding hydrogens is 264 g/mol. The zero-order chi connectivity index (χ0) is 13.4. The highest BCUT2D eigenvalue weighted by Crippen LogP contribution is 2.33. The highest BCUT2D eigenvalue weighted by atomic mass is 35.5. The lowest BCUT2D eigenvalue weighted by Gasteiger charge is -2.26. The normalized spacial score (nSPS) is 25.6. The van der Waals surface area contributed by atoms with Gasteiger partial charge in [-0.2, -0.15) is 5.10 Å². The molecule has 0 aromatic carbocycles. The fourth-order valence-electron chi connectivity index (χ4n) is 3.06. The predicted molar refractivity (Wildman–Crippen MR) is 75.8 cm³/mol. The van der Waals surface area contributed by atoms with Crippen LogP contribution < -0.4 is 15.8 Å². The minimum absolute atomic E-state index is 0.242. The third-order valence-electron chi connectivity index (χ3n) is 4.02. The summed E-state index contributed by atoms with van der Waals surface area (Å²) in [6.07, 6.45) is 4.48. The van der Waals surface area contributed by atoms with Crippen molar-refractivity contribution in [2.45, 2.75) is 19.0 Å². The monoisotopic (exact) mass is 280 g/mol. The van der Waals surface area contributed by atoms with Crippen LogP contribution in [0.1, 0.15) is 6.42 Å². The van der Waals surface area contributed by atoms with Gasteiger partial charge in [0.25, 0.3) is 5.56 Å². The zero-order valence-electron chi connectivity index (χ0n) is 10.7. The van der Waals surface area contributed by atoms with E-state index >= 15 is 0 Å². The summed E-state index contributed by atoms with van der Waals surface area (Å²) in [5.74, 6) is 0.659. The Morgan fingerprint density at radius 1 is 1.58 bits per heavy atom. The Kier molecular flexibility index (Phi) is 3.33. The first-order chi connectivity index (χ1) is 9.22. The van der Waals surface area contributed by atoms with E-state index in [2.05, 4.69) is 21.9 Å². The molecule has 102 valence electrons.